The van der Waals surface area contributed by atoms with Crippen molar-refractivity contribution in [2.24, 2.45) is 0 Å². The molecule has 2 N–H and O–H groups in total. The van der Waals surface area contributed by atoms with Crippen molar-refractivity contribution in [3.05, 3.63) is 94.5 Å². The zero-order chi connectivity index (χ0) is 22.8. The lowest BCUT2D eigenvalue weighted by molar-refractivity contribution is -0.118. The van der Waals surface area contributed by atoms with Crippen LogP contribution in [-0.2, 0) is 11.3 Å². The molecule has 0 aliphatic carbocycles. The van der Waals surface area contributed by atoms with E-state index in [0.29, 0.717) is 28.7 Å². The van der Waals surface area contributed by atoms with Crippen molar-refractivity contribution in [1.82, 2.24) is 10.6 Å². The second-order valence-corrected chi connectivity index (χ2v) is 7.49. The van der Waals surface area contributed by atoms with Crippen LogP contribution in [0.25, 0.3) is 6.08 Å². The Bertz CT molecular complexity index is 1040. The van der Waals surface area contributed by atoms with Crippen molar-refractivity contribution >= 4 is 29.5 Å². The summed E-state index contributed by atoms with van der Waals surface area (Å²) in [4.78, 5) is 25.6. The average Bonchev–Trinajstić information content (AvgIpc) is 3.33. The zero-order valence-electron chi connectivity index (χ0n) is 17.8. The van der Waals surface area contributed by atoms with E-state index in [0.717, 1.165) is 18.4 Å². The second kappa shape index (κ2) is 11.8. The molecule has 2 aromatic carbocycles. The summed E-state index contributed by atoms with van der Waals surface area (Å²) >= 11 is 5.94. The Morgan fingerprint density at radius 3 is 2.47 bits per heavy atom. The topological polar surface area (TPSA) is 80.6 Å². The number of ether oxygens (including phenoxy) is 1. The van der Waals surface area contributed by atoms with Crippen molar-refractivity contribution in [3.63, 3.8) is 0 Å². The fraction of sp³-hybridized carbons (Fsp3) is 0.200. The van der Waals surface area contributed by atoms with Crippen molar-refractivity contribution in [3.8, 4) is 5.75 Å². The van der Waals surface area contributed by atoms with Gasteiger partial charge in [-0.3, -0.25) is 9.59 Å². The summed E-state index contributed by atoms with van der Waals surface area (Å²) in [6, 6.07) is 17.3. The minimum Gasteiger partial charge on any atom is -0.494 e. The Kier molecular flexibility index (Phi) is 8.52. The van der Waals surface area contributed by atoms with Gasteiger partial charge in [-0.15, -0.1) is 0 Å². The van der Waals surface area contributed by atoms with Gasteiger partial charge in [0.2, 0.25) is 0 Å². The van der Waals surface area contributed by atoms with Gasteiger partial charge in [-0.2, -0.15) is 0 Å². The fourth-order valence-electron chi connectivity index (χ4n) is 2.79. The van der Waals surface area contributed by atoms with E-state index in [4.69, 9.17) is 20.8 Å². The molecule has 3 rings (SSSR count). The summed E-state index contributed by atoms with van der Waals surface area (Å²) in [7, 11) is 0. The minimum atomic E-state index is -0.441. The second-order valence-electron chi connectivity index (χ2n) is 7.05. The molecular weight excluding hydrogens is 428 g/mol. The number of amides is 2. The standard InChI is InChI=1S/C25H25ClN2O4/c1-2-3-14-31-21-12-8-19(9-13-21)24(29)28-23(16-18-6-10-20(26)11-7-18)25(30)27-17-22-5-4-15-32-22/h4-13,15-16H,2-3,14,17H2,1H3,(H,27,30)(H,28,29)/b23-16+. The molecule has 0 radical (unpaired) electrons. The largest absolute Gasteiger partial charge is 0.494 e. The highest BCUT2D eigenvalue weighted by molar-refractivity contribution is 6.30. The number of hydrogen-bond donors (Lipinski definition) is 2. The van der Waals surface area contributed by atoms with Crippen LogP contribution in [-0.4, -0.2) is 18.4 Å². The van der Waals surface area contributed by atoms with E-state index in [-0.39, 0.29) is 12.2 Å². The number of carbonyl (C=O) groups is 2. The summed E-state index contributed by atoms with van der Waals surface area (Å²) in [5.41, 5.74) is 1.23. The summed E-state index contributed by atoms with van der Waals surface area (Å²) in [5.74, 6) is 0.458. The van der Waals surface area contributed by atoms with E-state index in [2.05, 4.69) is 17.6 Å². The maximum atomic E-state index is 12.8. The molecule has 166 valence electrons. The summed E-state index contributed by atoms with van der Waals surface area (Å²) in [6.07, 6.45) is 5.14. The third kappa shape index (κ3) is 7.03. The highest BCUT2D eigenvalue weighted by Gasteiger charge is 2.15. The van der Waals surface area contributed by atoms with Gasteiger partial charge in [0.05, 0.1) is 19.4 Å². The van der Waals surface area contributed by atoms with E-state index >= 15 is 0 Å². The Morgan fingerprint density at radius 2 is 1.81 bits per heavy atom. The molecule has 3 aromatic rings. The van der Waals surface area contributed by atoms with E-state index in [1.54, 1.807) is 66.7 Å². The number of furan rings is 1. The van der Waals surface area contributed by atoms with Gasteiger partial charge in [-0.25, -0.2) is 0 Å². The normalized spacial score (nSPS) is 11.1. The van der Waals surface area contributed by atoms with Gasteiger partial charge in [0.25, 0.3) is 11.8 Å². The Morgan fingerprint density at radius 1 is 1.06 bits per heavy atom. The molecule has 0 spiro atoms. The highest BCUT2D eigenvalue weighted by atomic mass is 35.5. The Hall–Kier alpha value is -3.51. The molecule has 0 atom stereocenters. The van der Waals surface area contributed by atoms with Crippen molar-refractivity contribution in [2.45, 2.75) is 26.3 Å². The van der Waals surface area contributed by atoms with Crippen LogP contribution in [0, 0.1) is 0 Å². The molecule has 2 amide bonds. The van der Waals surface area contributed by atoms with Gasteiger partial charge >= 0.3 is 0 Å². The molecule has 1 heterocycles. The van der Waals surface area contributed by atoms with Gasteiger partial charge in [-0.05, 0) is 66.6 Å². The van der Waals surface area contributed by atoms with Crippen LogP contribution in [0.2, 0.25) is 5.02 Å². The lowest BCUT2D eigenvalue weighted by atomic mass is 10.1. The number of benzene rings is 2. The molecule has 0 saturated heterocycles. The van der Waals surface area contributed by atoms with E-state index in [1.165, 1.54) is 6.26 Å². The van der Waals surface area contributed by atoms with Gasteiger partial charge in [-0.1, -0.05) is 37.1 Å². The minimum absolute atomic E-state index is 0.104. The quantitative estimate of drug-likeness (QED) is 0.327. The maximum absolute atomic E-state index is 12.8. The maximum Gasteiger partial charge on any atom is 0.268 e. The first-order chi connectivity index (χ1) is 15.5. The van der Waals surface area contributed by atoms with E-state index in [1.807, 2.05) is 0 Å². The fourth-order valence-corrected chi connectivity index (χ4v) is 2.92. The highest BCUT2D eigenvalue weighted by Crippen LogP contribution is 2.15. The molecule has 0 aliphatic rings. The molecule has 0 bridgehead atoms. The Labute approximate surface area is 192 Å². The predicted molar refractivity (Wildman–Crippen MR) is 124 cm³/mol. The number of nitrogens with one attached hydrogen (secondary N) is 2. The van der Waals surface area contributed by atoms with Gasteiger partial charge < -0.3 is 19.8 Å². The first-order valence-corrected chi connectivity index (χ1v) is 10.7. The lowest BCUT2D eigenvalue weighted by Crippen LogP contribution is -2.34. The molecule has 32 heavy (non-hydrogen) atoms. The SMILES string of the molecule is CCCCOc1ccc(C(=O)N/C(=C/c2ccc(Cl)cc2)C(=O)NCc2ccco2)cc1. The molecule has 0 aliphatic heterocycles. The van der Waals surface area contributed by atoms with Crippen LogP contribution >= 0.6 is 11.6 Å². The molecule has 0 saturated carbocycles. The lowest BCUT2D eigenvalue weighted by Gasteiger charge is -2.11. The first-order valence-electron chi connectivity index (χ1n) is 10.4. The monoisotopic (exact) mass is 452 g/mol. The first kappa shape index (κ1) is 23.2. The smallest absolute Gasteiger partial charge is 0.268 e. The van der Waals surface area contributed by atoms with Crippen molar-refractivity contribution in [1.29, 1.82) is 0 Å². The molecule has 1 aromatic heterocycles. The van der Waals surface area contributed by atoms with Gasteiger partial charge in [0, 0.05) is 10.6 Å². The van der Waals surface area contributed by atoms with Crippen LogP contribution in [0.5, 0.6) is 5.75 Å². The van der Waals surface area contributed by atoms with Crippen LogP contribution in [0.1, 0.15) is 41.4 Å². The number of halogens is 1. The summed E-state index contributed by atoms with van der Waals surface area (Å²) in [6.45, 7) is 2.92. The average molecular weight is 453 g/mol. The van der Waals surface area contributed by atoms with Gasteiger partial charge in [0.1, 0.15) is 17.2 Å². The van der Waals surface area contributed by atoms with E-state index < -0.39 is 11.8 Å². The molecule has 7 heteroatoms. The summed E-state index contributed by atoms with van der Waals surface area (Å²) in [5, 5.41) is 6.03. The van der Waals surface area contributed by atoms with Crippen LogP contribution in [0.15, 0.2) is 77.0 Å². The third-order valence-corrected chi connectivity index (χ3v) is 4.81. The molecular formula is C25H25ClN2O4. The number of unbranched alkanes of at least 4 members (excludes halogenated alkanes) is 1. The summed E-state index contributed by atoms with van der Waals surface area (Å²) < 4.78 is 10.9. The van der Waals surface area contributed by atoms with E-state index in [9.17, 15) is 9.59 Å². The molecule has 0 unspecified atom stereocenters. The number of rotatable bonds is 10. The van der Waals surface area contributed by atoms with Crippen LogP contribution in [0.3, 0.4) is 0 Å². The van der Waals surface area contributed by atoms with Crippen molar-refractivity contribution < 1.29 is 18.7 Å². The van der Waals surface area contributed by atoms with Crippen LogP contribution in [0.4, 0.5) is 0 Å². The Balaban J connectivity index is 1.72. The van der Waals surface area contributed by atoms with Crippen LogP contribution < -0.4 is 15.4 Å². The number of hydrogen-bond acceptors (Lipinski definition) is 4. The zero-order valence-corrected chi connectivity index (χ0v) is 18.5. The number of carbonyl (C=O) groups excluding carboxylic acids is 2. The van der Waals surface area contributed by atoms with Crippen molar-refractivity contribution in [2.75, 3.05) is 6.61 Å². The van der Waals surface area contributed by atoms with Gasteiger partial charge in [0.15, 0.2) is 0 Å². The molecule has 0 fully saturated rings. The molecule has 6 nitrogen and oxygen atoms in total. The predicted octanol–water partition coefficient (Wildman–Crippen LogP) is 5.20. The third-order valence-electron chi connectivity index (χ3n) is 4.56.